The molecule has 2 rings (SSSR count). The maximum absolute atomic E-state index is 10.7. The largest absolute Gasteiger partial charge is 0.410 e. The highest BCUT2D eigenvalue weighted by Gasteiger charge is 2.10. The Kier molecular flexibility index (Phi) is 2.81. The number of amides is 1. The zero-order valence-electron chi connectivity index (χ0n) is 8.90. The van der Waals surface area contributed by atoms with Gasteiger partial charge in [0.1, 0.15) is 0 Å². The highest BCUT2D eigenvalue weighted by Crippen LogP contribution is 2.32. The standard InChI is InChI=1S/C12H14N2O2/c13-10-6-5-9(8-3-1-2-4-8)7-11(10)16-12(14)15/h3,5-7H,1-2,4,13H2,(H2,14,15). The highest BCUT2D eigenvalue weighted by molar-refractivity contribution is 5.75. The first-order valence-corrected chi connectivity index (χ1v) is 5.23. The molecule has 4 N–H and O–H groups in total. The van der Waals surface area contributed by atoms with Crippen molar-refractivity contribution in [3.8, 4) is 5.75 Å². The fourth-order valence-electron chi connectivity index (χ4n) is 1.86. The number of primary amides is 1. The van der Waals surface area contributed by atoms with Crippen LogP contribution in [0.4, 0.5) is 10.5 Å². The number of allylic oxidation sites excluding steroid dienone is 2. The molecule has 1 aliphatic rings. The monoisotopic (exact) mass is 218 g/mol. The first kappa shape index (κ1) is 10.5. The van der Waals surface area contributed by atoms with Gasteiger partial charge in [-0.1, -0.05) is 12.1 Å². The molecule has 1 aliphatic carbocycles. The molecular formula is C12H14N2O2. The summed E-state index contributed by atoms with van der Waals surface area (Å²) in [5.74, 6) is 0.331. The molecule has 16 heavy (non-hydrogen) atoms. The summed E-state index contributed by atoms with van der Waals surface area (Å²) < 4.78 is 4.83. The van der Waals surface area contributed by atoms with Crippen molar-refractivity contribution in [2.45, 2.75) is 19.3 Å². The quantitative estimate of drug-likeness (QED) is 0.747. The molecular weight excluding hydrogens is 204 g/mol. The SMILES string of the molecule is NC(=O)Oc1cc(C2=CCCC2)ccc1N. The van der Waals surface area contributed by atoms with Crippen LogP contribution in [0.2, 0.25) is 0 Å². The molecule has 84 valence electrons. The number of hydrogen-bond acceptors (Lipinski definition) is 3. The van der Waals surface area contributed by atoms with E-state index in [2.05, 4.69) is 6.08 Å². The Bertz CT molecular complexity index is 452. The number of carbonyl (C=O) groups is 1. The van der Waals surface area contributed by atoms with Crippen molar-refractivity contribution in [1.29, 1.82) is 0 Å². The first-order valence-electron chi connectivity index (χ1n) is 5.23. The number of anilines is 1. The van der Waals surface area contributed by atoms with Crippen molar-refractivity contribution in [1.82, 2.24) is 0 Å². The van der Waals surface area contributed by atoms with Gasteiger partial charge in [0, 0.05) is 0 Å². The van der Waals surface area contributed by atoms with E-state index in [4.69, 9.17) is 16.2 Å². The van der Waals surface area contributed by atoms with E-state index in [0.29, 0.717) is 11.4 Å². The number of nitrogen functional groups attached to an aromatic ring is 1. The molecule has 1 aromatic carbocycles. The molecule has 0 saturated carbocycles. The molecule has 4 nitrogen and oxygen atoms in total. The summed E-state index contributed by atoms with van der Waals surface area (Å²) in [5.41, 5.74) is 13.4. The van der Waals surface area contributed by atoms with Crippen LogP contribution in [0.1, 0.15) is 24.8 Å². The molecule has 0 fully saturated rings. The van der Waals surface area contributed by atoms with E-state index in [1.807, 2.05) is 6.07 Å². The summed E-state index contributed by atoms with van der Waals surface area (Å²) in [6, 6.07) is 5.42. The van der Waals surface area contributed by atoms with E-state index in [1.165, 1.54) is 12.0 Å². The lowest BCUT2D eigenvalue weighted by molar-refractivity contribution is 0.211. The minimum atomic E-state index is -0.843. The number of hydrogen-bond donors (Lipinski definition) is 2. The Labute approximate surface area is 93.9 Å². The molecule has 0 bridgehead atoms. The zero-order valence-corrected chi connectivity index (χ0v) is 8.90. The maximum Gasteiger partial charge on any atom is 0.410 e. The molecule has 0 saturated heterocycles. The van der Waals surface area contributed by atoms with Crippen molar-refractivity contribution in [3.05, 3.63) is 29.8 Å². The second kappa shape index (κ2) is 4.26. The third kappa shape index (κ3) is 2.16. The van der Waals surface area contributed by atoms with Crippen molar-refractivity contribution in [2.75, 3.05) is 5.73 Å². The lowest BCUT2D eigenvalue weighted by atomic mass is 10.0. The molecule has 4 heteroatoms. The Morgan fingerprint density at radius 1 is 1.38 bits per heavy atom. The topological polar surface area (TPSA) is 78.3 Å². The van der Waals surface area contributed by atoms with Gasteiger partial charge in [0.15, 0.2) is 5.75 Å². The fraction of sp³-hybridized carbons (Fsp3) is 0.250. The third-order valence-electron chi connectivity index (χ3n) is 2.64. The summed E-state index contributed by atoms with van der Waals surface area (Å²) in [6.45, 7) is 0. The Morgan fingerprint density at radius 3 is 2.81 bits per heavy atom. The van der Waals surface area contributed by atoms with Crippen molar-refractivity contribution >= 4 is 17.4 Å². The Balaban J connectivity index is 2.31. The molecule has 0 unspecified atom stereocenters. The minimum absolute atomic E-state index is 0.331. The summed E-state index contributed by atoms with van der Waals surface area (Å²) in [6.07, 6.45) is 4.68. The Hall–Kier alpha value is -1.97. The van der Waals surface area contributed by atoms with Crippen LogP contribution < -0.4 is 16.2 Å². The lowest BCUT2D eigenvalue weighted by Crippen LogP contribution is -2.17. The average molecular weight is 218 g/mol. The predicted octanol–water partition coefficient (Wildman–Crippen LogP) is 2.29. The van der Waals surface area contributed by atoms with E-state index in [9.17, 15) is 4.79 Å². The van der Waals surface area contributed by atoms with E-state index in [-0.39, 0.29) is 0 Å². The summed E-state index contributed by atoms with van der Waals surface area (Å²) in [5, 5.41) is 0. The van der Waals surface area contributed by atoms with Gasteiger partial charge < -0.3 is 16.2 Å². The number of rotatable bonds is 2. The number of nitrogens with two attached hydrogens (primary N) is 2. The summed E-state index contributed by atoms with van der Waals surface area (Å²) in [7, 11) is 0. The van der Waals surface area contributed by atoms with Crippen LogP contribution in [0, 0.1) is 0 Å². The van der Waals surface area contributed by atoms with Crippen LogP contribution in [-0.4, -0.2) is 6.09 Å². The highest BCUT2D eigenvalue weighted by atomic mass is 16.5. The molecule has 1 amide bonds. The van der Waals surface area contributed by atoms with Crippen LogP contribution in [0.15, 0.2) is 24.3 Å². The summed E-state index contributed by atoms with van der Waals surface area (Å²) >= 11 is 0. The van der Waals surface area contributed by atoms with Crippen molar-refractivity contribution in [3.63, 3.8) is 0 Å². The Morgan fingerprint density at radius 2 is 2.19 bits per heavy atom. The predicted molar refractivity (Wildman–Crippen MR) is 62.9 cm³/mol. The second-order valence-electron chi connectivity index (χ2n) is 3.80. The van der Waals surface area contributed by atoms with Gasteiger partial charge in [0.05, 0.1) is 5.69 Å². The fourth-order valence-corrected chi connectivity index (χ4v) is 1.86. The van der Waals surface area contributed by atoms with Gasteiger partial charge >= 0.3 is 6.09 Å². The average Bonchev–Trinajstić information content (AvgIpc) is 2.73. The van der Waals surface area contributed by atoms with Gasteiger partial charge in [-0.05, 0) is 42.5 Å². The molecule has 0 aliphatic heterocycles. The van der Waals surface area contributed by atoms with Crippen LogP contribution in [-0.2, 0) is 0 Å². The smallest absolute Gasteiger partial charge is 0.408 e. The van der Waals surface area contributed by atoms with E-state index in [0.717, 1.165) is 18.4 Å². The lowest BCUT2D eigenvalue weighted by Gasteiger charge is -2.08. The van der Waals surface area contributed by atoms with Gasteiger partial charge in [0.25, 0.3) is 0 Å². The maximum atomic E-state index is 10.7. The zero-order chi connectivity index (χ0) is 11.5. The molecule has 0 heterocycles. The third-order valence-corrected chi connectivity index (χ3v) is 2.64. The van der Waals surface area contributed by atoms with Crippen molar-refractivity contribution < 1.29 is 9.53 Å². The van der Waals surface area contributed by atoms with E-state index in [1.54, 1.807) is 12.1 Å². The molecule has 0 radical (unpaired) electrons. The number of carbonyl (C=O) groups excluding carboxylic acids is 1. The van der Waals surface area contributed by atoms with Crippen LogP contribution in [0.25, 0.3) is 5.57 Å². The van der Waals surface area contributed by atoms with Gasteiger partial charge in [-0.2, -0.15) is 0 Å². The number of benzene rings is 1. The van der Waals surface area contributed by atoms with Crippen LogP contribution in [0.5, 0.6) is 5.75 Å². The molecule has 0 spiro atoms. The van der Waals surface area contributed by atoms with Crippen molar-refractivity contribution in [2.24, 2.45) is 5.73 Å². The van der Waals surface area contributed by atoms with Gasteiger partial charge in [-0.3, -0.25) is 0 Å². The van der Waals surface area contributed by atoms with Crippen LogP contribution >= 0.6 is 0 Å². The van der Waals surface area contributed by atoms with E-state index < -0.39 is 6.09 Å². The van der Waals surface area contributed by atoms with Gasteiger partial charge in [0.2, 0.25) is 0 Å². The second-order valence-corrected chi connectivity index (χ2v) is 3.80. The van der Waals surface area contributed by atoms with Crippen LogP contribution in [0.3, 0.4) is 0 Å². The molecule has 0 atom stereocenters. The van der Waals surface area contributed by atoms with Gasteiger partial charge in [-0.15, -0.1) is 0 Å². The first-order chi connectivity index (χ1) is 7.66. The number of ether oxygens (including phenoxy) is 1. The molecule has 0 aromatic heterocycles. The van der Waals surface area contributed by atoms with E-state index >= 15 is 0 Å². The summed E-state index contributed by atoms with van der Waals surface area (Å²) in [4.78, 5) is 10.7. The minimum Gasteiger partial charge on any atom is -0.408 e. The molecule has 1 aromatic rings. The van der Waals surface area contributed by atoms with Gasteiger partial charge in [-0.25, -0.2) is 4.79 Å². The normalized spacial score (nSPS) is 14.6.